The summed E-state index contributed by atoms with van der Waals surface area (Å²) >= 11 is 1.99. The number of benzene rings is 1. The monoisotopic (exact) mass is 279 g/mol. The van der Waals surface area contributed by atoms with Crippen LogP contribution in [0.3, 0.4) is 0 Å². The Balaban J connectivity index is 3.27. The predicted molar refractivity (Wildman–Crippen MR) is 52.4 cm³/mol. The van der Waals surface area contributed by atoms with Crippen molar-refractivity contribution in [3.05, 3.63) is 31.9 Å². The number of para-hydroxylation sites is 1. The lowest BCUT2D eigenvalue weighted by Crippen LogP contribution is -1.94. The fourth-order valence-electron chi connectivity index (χ4n) is 0.843. The molecule has 0 saturated heterocycles. The van der Waals surface area contributed by atoms with Gasteiger partial charge in [-0.15, -0.1) is 0 Å². The van der Waals surface area contributed by atoms with Crippen molar-refractivity contribution in [3.8, 4) is 5.75 Å². The Morgan fingerprint density at radius 1 is 1.58 bits per heavy atom. The Hall–Kier alpha value is -0.850. The maximum absolute atomic E-state index is 10.5. The van der Waals surface area contributed by atoms with Crippen molar-refractivity contribution in [3.63, 3.8) is 0 Å². The Labute approximate surface area is 82.8 Å². The smallest absolute Gasteiger partial charge is 0.312 e. The predicted octanol–water partition coefficient (Wildman–Crippen LogP) is 2.21. The van der Waals surface area contributed by atoms with E-state index in [0.29, 0.717) is 5.75 Å². The van der Waals surface area contributed by atoms with Crippen LogP contribution in [0.15, 0.2) is 18.2 Å². The van der Waals surface area contributed by atoms with E-state index in [4.69, 9.17) is 4.74 Å². The van der Waals surface area contributed by atoms with Gasteiger partial charge in [0.05, 0.1) is 15.6 Å². The van der Waals surface area contributed by atoms with E-state index >= 15 is 0 Å². The van der Waals surface area contributed by atoms with Crippen LogP contribution in [0.1, 0.15) is 0 Å². The molecule has 0 aliphatic heterocycles. The third-order valence-electron chi connectivity index (χ3n) is 1.35. The summed E-state index contributed by atoms with van der Waals surface area (Å²) in [5.41, 5.74) is 0.00407. The molecule has 0 amide bonds. The van der Waals surface area contributed by atoms with Crippen LogP contribution >= 0.6 is 22.6 Å². The zero-order valence-electron chi connectivity index (χ0n) is 6.28. The normalized spacial score (nSPS) is 9.50. The fourth-order valence-corrected chi connectivity index (χ4v) is 1.55. The summed E-state index contributed by atoms with van der Waals surface area (Å²) in [5.74, 6) is 0.322. The van der Waals surface area contributed by atoms with Gasteiger partial charge in [0, 0.05) is 6.07 Å². The van der Waals surface area contributed by atoms with Crippen LogP contribution in [0, 0.1) is 13.7 Å². The van der Waals surface area contributed by atoms with E-state index in [1.165, 1.54) is 13.2 Å². The van der Waals surface area contributed by atoms with E-state index in [1.807, 2.05) is 22.6 Å². The second-order valence-corrected chi connectivity index (χ2v) is 3.21. The maximum Gasteiger partial charge on any atom is 0.312 e. The van der Waals surface area contributed by atoms with Crippen molar-refractivity contribution in [2.45, 2.75) is 0 Å². The number of ether oxygens (including phenoxy) is 1. The third kappa shape index (κ3) is 1.66. The first-order chi connectivity index (χ1) is 5.66. The zero-order valence-corrected chi connectivity index (χ0v) is 8.44. The first kappa shape index (κ1) is 9.24. The molecular formula is C7H6INO3. The van der Waals surface area contributed by atoms with Crippen molar-refractivity contribution in [1.82, 2.24) is 0 Å². The highest BCUT2D eigenvalue weighted by Crippen LogP contribution is 2.30. The van der Waals surface area contributed by atoms with Crippen LogP contribution in [0.5, 0.6) is 5.75 Å². The fraction of sp³-hybridized carbons (Fsp3) is 0.143. The molecule has 1 aromatic rings. The van der Waals surface area contributed by atoms with E-state index in [9.17, 15) is 10.1 Å². The van der Waals surface area contributed by atoms with Crippen LogP contribution in [0.4, 0.5) is 5.69 Å². The van der Waals surface area contributed by atoms with Gasteiger partial charge in [0.25, 0.3) is 0 Å². The van der Waals surface area contributed by atoms with Gasteiger partial charge in [0.1, 0.15) is 0 Å². The molecule has 0 spiro atoms. The van der Waals surface area contributed by atoms with E-state index < -0.39 is 4.92 Å². The lowest BCUT2D eigenvalue weighted by Gasteiger charge is -2.02. The number of halogens is 1. The zero-order chi connectivity index (χ0) is 9.14. The molecule has 0 radical (unpaired) electrons. The lowest BCUT2D eigenvalue weighted by atomic mass is 10.3. The third-order valence-corrected chi connectivity index (χ3v) is 2.20. The SMILES string of the molecule is COc1c(I)cccc1[N+](=O)[O-]. The van der Waals surface area contributed by atoms with Crippen LogP contribution in [0.2, 0.25) is 0 Å². The Kier molecular flexibility index (Phi) is 2.85. The molecule has 0 bridgehead atoms. The van der Waals surface area contributed by atoms with E-state index in [2.05, 4.69) is 0 Å². The summed E-state index contributed by atoms with van der Waals surface area (Å²) < 4.78 is 5.63. The largest absolute Gasteiger partial charge is 0.489 e. The maximum atomic E-state index is 10.5. The molecule has 0 aromatic heterocycles. The summed E-state index contributed by atoms with van der Waals surface area (Å²) in [6.07, 6.45) is 0. The minimum atomic E-state index is -0.457. The minimum absolute atomic E-state index is 0.00407. The van der Waals surface area contributed by atoms with Gasteiger partial charge in [-0.25, -0.2) is 0 Å². The second-order valence-electron chi connectivity index (χ2n) is 2.05. The second kappa shape index (κ2) is 3.70. The topological polar surface area (TPSA) is 52.4 Å². The molecule has 0 unspecified atom stereocenters. The number of nitrogens with zero attached hydrogens (tertiary/aromatic N) is 1. The molecule has 0 aliphatic rings. The average Bonchev–Trinajstić information content (AvgIpc) is 2.03. The van der Waals surface area contributed by atoms with Crippen molar-refractivity contribution in [1.29, 1.82) is 0 Å². The number of nitro groups is 1. The first-order valence-corrected chi connectivity index (χ1v) is 4.21. The van der Waals surface area contributed by atoms with Crippen LogP contribution in [-0.4, -0.2) is 12.0 Å². The summed E-state index contributed by atoms with van der Waals surface area (Å²) in [5, 5.41) is 10.5. The summed E-state index contributed by atoms with van der Waals surface area (Å²) in [6, 6.07) is 4.80. The minimum Gasteiger partial charge on any atom is -0.489 e. The molecule has 64 valence electrons. The number of hydrogen-bond donors (Lipinski definition) is 0. The molecule has 0 aliphatic carbocycles. The van der Waals surface area contributed by atoms with Crippen LogP contribution in [-0.2, 0) is 0 Å². The van der Waals surface area contributed by atoms with Crippen molar-refractivity contribution >= 4 is 28.3 Å². The van der Waals surface area contributed by atoms with Gasteiger partial charge in [-0.1, -0.05) is 6.07 Å². The van der Waals surface area contributed by atoms with Crippen molar-refractivity contribution < 1.29 is 9.66 Å². The number of rotatable bonds is 2. The molecule has 1 aromatic carbocycles. The Morgan fingerprint density at radius 3 is 2.67 bits per heavy atom. The standard InChI is InChI=1S/C7H6INO3/c1-12-7-5(8)3-2-4-6(7)9(10)11/h2-4H,1H3. The Morgan fingerprint density at radius 2 is 2.25 bits per heavy atom. The number of hydrogen-bond acceptors (Lipinski definition) is 3. The van der Waals surface area contributed by atoms with Gasteiger partial charge >= 0.3 is 5.69 Å². The van der Waals surface area contributed by atoms with Crippen molar-refractivity contribution in [2.24, 2.45) is 0 Å². The molecule has 5 heteroatoms. The van der Waals surface area contributed by atoms with E-state index in [0.717, 1.165) is 3.57 Å². The molecule has 12 heavy (non-hydrogen) atoms. The summed E-state index contributed by atoms with van der Waals surface area (Å²) in [6.45, 7) is 0. The van der Waals surface area contributed by atoms with E-state index in [-0.39, 0.29) is 5.69 Å². The Bertz CT molecular complexity index is 314. The summed E-state index contributed by atoms with van der Waals surface area (Å²) in [7, 11) is 1.42. The van der Waals surface area contributed by atoms with E-state index in [1.54, 1.807) is 12.1 Å². The van der Waals surface area contributed by atoms with Gasteiger partial charge in [-0.2, -0.15) is 0 Å². The van der Waals surface area contributed by atoms with Gasteiger partial charge in [-0.05, 0) is 28.7 Å². The molecule has 0 N–H and O–H groups in total. The van der Waals surface area contributed by atoms with Crippen molar-refractivity contribution in [2.75, 3.05) is 7.11 Å². The molecule has 0 heterocycles. The van der Waals surface area contributed by atoms with Gasteiger partial charge in [0.2, 0.25) is 5.75 Å². The molecule has 0 saturated carbocycles. The average molecular weight is 279 g/mol. The number of methoxy groups -OCH3 is 1. The van der Waals surface area contributed by atoms with Crippen LogP contribution < -0.4 is 4.74 Å². The molecular weight excluding hydrogens is 273 g/mol. The first-order valence-electron chi connectivity index (χ1n) is 3.13. The van der Waals surface area contributed by atoms with Gasteiger partial charge in [-0.3, -0.25) is 10.1 Å². The molecule has 0 atom stereocenters. The summed E-state index contributed by atoms with van der Waals surface area (Å²) in [4.78, 5) is 10.00. The highest BCUT2D eigenvalue weighted by Gasteiger charge is 2.15. The highest BCUT2D eigenvalue weighted by atomic mass is 127. The molecule has 1 rings (SSSR count). The molecule has 4 nitrogen and oxygen atoms in total. The molecule has 0 fully saturated rings. The number of nitro benzene ring substituents is 1. The highest BCUT2D eigenvalue weighted by molar-refractivity contribution is 14.1. The van der Waals surface area contributed by atoms with Gasteiger partial charge in [0.15, 0.2) is 0 Å². The van der Waals surface area contributed by atoms with Crippen LogP contribution in [0.25, 0.3) is 0 Å². The lowest BCUT2D eigenvalue weighted by molar-refractivity contribution is -0.385. The van der Waals surface area contributed by atoms with Gasteiger partial charge < -0.3 is 4.74 Å². The quantitative estimate of drug-likeness (QED) is 0.474.